The number of carboxylic acid groups (broad SMARTS) is 1. The highest BCUT2D eigenvalue weighted by molar-refractivity contribution is 5.73. The number of hydrogen-bond acceptors (Lipinski definition) is 3. The van der Waals surface area contributed by atoms with Crippen molar-refractivity contribution in [1.29, 1.82) is 0 Å². The first kappa shape index (κ1) is 14.1. The maximum absolute atomic E-state index is 11.5. The Kier molecular flexibility index (Phi) is 4.30. The normalized spacial score (nSPS) is 23.0. The number of aliphatic carboxylic acids is 1. The van der Waals surface area contributed by atoms with Crippen molar-refractivity contribution < 1.29 is 14.3 Å². The summed E-state index contributed by atoms with van der Waals surface area (Å²) in [5.74, 6) is 1.09. The molecule has 2 atom stereocenters. The predicted octanol–water partition coefficient (Wildman–Crippen LogP) is 3.29. The SMILES string of the molecule is Cc1cc(C(C)N2CCCCCC2C(=O)O)c(C)o1. The summed E-state index contributed by atoms with van der Waals surface area (Å²) < 4.78 is 5.58. The van der Waals surface area contributed by atoms with Crippen molar-refractivity contribution in [3.63, 3.8) is 0 Å². The number of likely N-dealkylation sites (tertiary alicyclic amines) is 1. The molecule has 0 spiro atoms. The van der Waals surface area contributed by atoms with Crippen LogP contribution in [-0.4, -0.2) is 28.6 Å². The molecule has 19 heavy (non-hydrogen) atoms. The summed E-state index contributed by atoms with van der Waals surface area (Å²) in [6.45, 7) is 6.81. The van der Waals surface area contributed by atoms with E-state index in [2.05, 4.69) is 11.8 Å². The zero-order chi connectivity index (χ0) is 14.0. The van der Waals surface area contributed by atoms with Gasteiger partial charge in [0.25, 0.3) is 0 Å². The summed E-state index contributed by atoms with van der Waals surface area (Å²) in [7, 11) is 0. The van der Waals surface area contributed by atoms with Crippen LogP contribution in [0.15, 0.2) is 10.5 Å². The molecule has 0 aliphatic carbocycles. The van der Waals surface area contributed by atoms with Crippen LogP contribution in [0, 0.1) is 13.8 Å². The number of rotatable bonds is 3. The van der Waals surface area contributed by atoms with Crippen molar-refractivity contribution in [3.05, 3.63) is 23.2 Å². The van der Waals surface area contributed by atoms with Crippen molar-refractivity contribution >= 4 is 5.97 Å². The van der Waals surface area contributed by atoms with Gasteiger partial charge in [-0.05, 0) is 46.2 Å². The molecule has 0 aromatic carbocycles. The zero-order valence-corrected chi connectivity index (χ0v) is 12.0. The second-order valence-electron chi connectivity index (χ2n) is 5.49. The minimum Gasteiger partial charge on any atom is -0.480 e. The number of aryl methyl sites for hydroxylation is 2. The Balaban J connectivity index is 2.25. The molecule has 1 fully saturated rings. The lowest BCUT2D eigenvalue weighted by atomic mass is 10.0. The number of carboxylic acids is 1. The van der Waals surface area contributed by atoms with Crippen LogP contribution < -0.4 is 0 Å². The van der Waals surface area contributed by atoms with Gasteiger partial charge < -0.3 is 9.52 Å². The average molecular weight is 265 g/mol. The minimum absolute atomic E-state index is 0.0941. The molecular formula is C15H23NO3. The predicted molar refractivity (Wildman–Crippen MR) is 73.2 cm³/mol. The lowest BCUT2D eigenvalue weighted by molar-refractivity contribution is -0.144. The van der Waals surface area contributed by atoms with E-state index >= 15 is 0 Å². The molecule has 4 nitrogen and oxygen atoms in total. The summed E-state index contributed by atoms with van der Waals surface area (Å²) in [6.07, 6.45) is 3.94. The Labute approximate surface area is 114 Å². The van der Waals surface area contributed by atoms with Gasteiger partial charge in [0.15, 0.2) is 0 Å². The van der Waals surface area contributed by atoms with E-state index in [-0.39, 0.29) is 12.1 Å². The molecule has 0 saturated carbocycles. The van der Waals surface area contributed by atoms with Crippen molar-refractivity contribution in [2.24, 2.45) is 0 Å². The third-order valence-electron chi connectivity index (χ3n) is 4.11. The van der Waals surface area contributed by atoms with E-state index in [1.165, 1.54) is 0 Å². The molecule has 1 aliphatic rings. The Morgan fingerprint density at radius 1 is 1.42 bits per heavy atom. The maximum atomic E-state index is 11.5. The number of nitrogens with zero attached hydrogens (tertiary/aromatic N) is 1. The summed E-state index contributed by atoms with van der Waals surface area (Å²) in [5, 5.41) is 9.44. The smallest absolute Gasteiger partial charge is 0.320 e. The van der Waals surface area contributed by atoms with Crippen LogP contribution in [-0.2, 0) is 4.79 Å². The van der Waals surface area contributed by atoms with Crippen molar-refractivity contribution in [1.82, 2.24) is 4.90 Å². The van der Waals surface area contributed by atoms with Crippen LogP contribution in [0.25, 0.3) is 0 Å². The van der Waals surface area contributed by atoms with Crippen LogP contribution >= 0.6 is 0 Å². The van der Waals surface area contributed by atoms with Gasteiger partial charge in [-0.15, -0.1) is 0 Å². The van der Waals surface area contributed by atoms with Crippen molar-refractivity contribution in [2.45, 2.75) is 58.5 Å². The quantitative estimate of drug-likeness (QED) is 0.911. The molecule has 106 valence electrons. The van der Waals surface area contributed by atoms with E-state index < -0.39 is 5.97 Å². The molecule has 2 rings (SSSR count). The van der Waals surface area contributed by atoms with E-state index in [0.29, 0.717) is 0 Å². The molecule has 1 aromatic heterocycles. The van der Waals surface area contributed by atoms with Crippen LogP contribution in [0.3, 0.4) is 0 Å². The highest BCUT2D eigenvalue weighted by Crippen LogP contribution is 2.31. The summed E-state index contributed by atoms with van der Waals surface area (Å²) in [5.41, 5.74) is 1.12. The molecule has 2 unspecified atom stereocenters. The van der Waals surface area contributed by atoms with Crippen LogP contribution in [0.5, 0.6) is 0 Å². The topological polar surface area (TPSA) is 53.7 Å². The lowest BCUT2D eigenvalue weighted by Gasteiger charge is -2.32. The highest BCUT2D eigenvalue weighted by atomic mass is 16.4. The molecule has 0 radical (unpaired) electrons. The largest absolute Gasteiger partial charge is 0.480 e. The molecule has 1 N–H and O–H groups in total. The Morgan fingerprint density at radius 3 is 2.74 bits per heavy atom. The van der Waals surface area contributed by atoms with E-state index in [4.69, 9.17) is 4.42 Å². The summed E-state index contributed by atoms with van der Waals surface area (Å²) in [6, 6.07) is 1.76. The van der Waals surface area contributed by atoms with Gasteiger partial charge in [-0.3, -0.25) is 9.69 Å². The summed E-state index contributed by atoms with van der Waals surface area (Å²) in [4.78, 5) is 13.6. The average Bonchev–Trinajstić information content (AvgIpc) is 2.57. The zero-order valence-electron chi connectivity index (χ0n) is 12.0. The molecular weight excluding hydrogens is 242 g/mol. The Bertz CT molecular complexity index is 452. The second kappa shape index (κ2) is 5.78. The Morgan fingerprint density at radius 2 is 2.16 bits per heavy atom. The number of hydrogen-bond donors (Lipinski definition) is 1. The first-order valence-corrected chi connectivity index (χ1v) is 7.06. The highest BCUT2D eigenvalue weighted by Gasteiger charge is 2.32. The number of carbonyl (C=O) groups is 1. The number of furan rings is 1. The van der Waals surface area contributed by atoms with Crippen LogP contribution in [0.1, 0.15) is 55.7 Å². The molecule has 1 saturated heterocycles. The third-order valence-corrected chi connectivity index (χ3v) is 4.11. The first-order valence-electron chi connectivity index (χ1n) is 7.06. The first-order chi connectivity index (χ1) is 9.00. The molecule has 0 amide bonds. The van der Waals surface area contributed by atoms with Gasteiger partial charge in [-0.2, -0.15) is 0 Å². The van der Waals surface area contributed by atoms with E-state index in [9.17, 15) is 9.90 Å². The fraction of sp³-hybridized carbons (Fsp3) is 0.667. The van der Waals surface area contributed by atoms with Gasteiger partial charge in [0.1, 0.15) is 17.6 Å². The van der Waals surface area contributed by atoms with Gasteiger partial charge in [-0.25, -0.2) is 0 Å². The van der Waals surface area contributed by atoms with Crippen LogP contribution in [0.2, 0.25) is 0 Å². The van der Waals surface area contributed by atoms with Gasteiger partial charge in [0.05, 0.1) is 0 Å². The standard InChI is InChI=1S/C15H23NO3/c1-10-9-13(12(3)19-10)11(2)16-8-6-4-5-7-14(16)15(17)18/h9,11,14H,4-8H2,1-3H3,(H,17,18). The van der Waals surface area contributed by atoms with E-state index in [0.717, 1.165) is 49.3 Å². The monoisotopic (exact) mass is 265 g/mol. The van der Waals surface area contributed by atoms with Crippen molar-refractivity contribution in [2.75, 3.05) is 6.54 Å². The summed E-state index contributed by atoms with van der Waals surface area (Å²) >= 11 is 0. The molecule has 4 heteroatoms. The maximum Gasteiger partial charge on any atom is 0.320 e. The fourth-order valence-electron chi connectivity index (χ4n) is 3.10. The van der Waals surface area contributed by atoms with E-state index in [1.807, 2.05) is 19.9 Å². The fourth-order valence-corrected chi connectivity index (χ4v) is 3.10. The Hall–Kier alpha value is -1.29. The lowest BCUT2D eigenvalue weighted by Crippen LogP contribution is -2.42. The van der Waals surface area contributed by atoms with Gasteiger partial charge in [0, 0.05) is 11.6 Å². The third kappa shape index (κ3) is 3.00. The van der Waals surface area contributed by atoms with Crippen molar-refractivity contribution in [3.8, 4) is 0 Å². The van der Waals surface area contributed by atoms with Gasteiger partial charge in [0.2, 0.25) is 0 Å². The van der Waals surface area contributed by atoms with E-state index in [1.54, 1.807) is 0 Å². The molecule has 2 heterocycles. The second-order valence-corrected chi connectivity index (χ2v) is 5.49. The molecule has 0 bridgehead atoms. The van der Waals surface area contributed by atoms with Gasteiger partial charge in [-0.1, -0.05) is 12.8 Å². The van der Waals surface area contributed by atoms with Crippen LogP contribution in [0.4, 0.5) is 0 Å². The molecule has 1 aliphatic heterocycles. The van der Waals surface area contributed by atoms with Gasteiger partial charge >= 0.3 is 5.97 Å². The minimum atomic E-state index is -0.702. The molecule has 1 aromatic rings.